The van der Waals surface area contributed by atoms with Crippen molar-refractivity contribution in [3.8, 4) is 5.75 Å². The lowest BCUT2D eigenvalue weighted by atomic mass is 10.2. The maximum absolute atomic E-state index is 11.9. The van der Waals surface area contributed by atoms with Crippen LogP contribution in [0.5, 0.6) is 5.75 Å². The number of nitrogens with one attached hydrogen (secondary N) is 1. The second kappa shape index (κ2) is 10.4. The van der Waals surface area contributed by atoms with Gasteiger partial charge in [0.2, 0.25) is 17.8 Å². The van der Waals surface area contributed by atoms with Gasteiger partial charge >= 0.3 is 0 Å². The van der Waals surface area contributed by atoms with Crippen molar-refractivity contribution in [3.05, 3.63) is 40.9 Å². The number of anilines is 1. The van der Waals surface area contributed by atoms with Gasteiger partial charge in [0.25, 0.3) is 0 Å². The zero-order valence-electron chi connectivity index (χ0n) is 17.7. The van der Waals surface area contributed by atoms with Crippen LogP contribution in [0.25, 0.3) is 0 Å². The summed E-state index contributed by atoms with van der Waals surface area (Å²) in [5.74, 6) is 0.935. The maximum Gasteiger partial charge on any atom is 0.242 e. The molecule has 0 unspecified atom stereocenters. The van der Waals surface area contributed by atoms with Gasteiger partial charge in [-0.25, -0.2) is 9.97 Å². The third-order valence-electron chi connectivity index (χ3n) is 4.90. The van der Waals surface area contributed by atoms with Gasteiger partial charge < -0.3 is 19.7 Å². The number of guanidine groups is 1. The number of carbonyl (C=O) groups excluding carboxylic acids is 1. The predicted molar refractivity (Wildman–Crippen MR) is 119 cm³/mol. The third kappa shape index (κ3) is 5.81. The van der Waals surface area contributed by atoms with E-state index in [1.807, 2.05) is 17.9 Å². The van der Waals surface area contributed by atoms with E-state index in [0.717, 1.165) is 10.0 Å². The average Bonchev–Trinajstić information content (AvgIpc) is 2.77. The van der Waals surface area contributed by atoms with Crippen molar-refractivity contribution in [1.29, 1.82) is 0 Å². The standard InChI is InChI=1S/C20H26BrN7O3/c1-13(2)18(29)25-20(26-30)27-6-7-28(14(3)11-27)19-23-8-16(9-24-19)31-12-15-4-5-22-10-17(15)21/h4-5,8-10,13-14,30H,6-7,11-12H2,1-3H3,(H,25,26,29)/t14-/m1/s1. The summed E-state index contributed by atoms with van der Waals surface area (Å²) in [5.41, 5.74) is 0.981. The van der Waals surface area contributed by atoms with Crippen LogP contribution in [0.15, 0.2) is 40.5 Å². The van der Waals surface area contributed by atoms with Gasteiger partial charge in [-0.2, -0.15) is 0 Å². The van der Waals surface area contributed by atoms with Crippen molar-refractivity contribution >= 4 is 33.7 Å². The largest absolute Gasteiger partial charge is 0.486 e. The molecule has 166 valence electrons. The Morgan fingerprint density at radius 2 is 2.10 bits per heavy atom. The van der Waals surface area contributed by atoms with Gasteiger partial charge in [-0.15, -0.1) is 0 Å². The molecule has 0 aromatic carbocycles. The Balaban J connectivity index is 1.58. The highest BCUT2D eigenvalue weighted by Crippen LogP contribution is 2.20. The van der Waals surface area contributed by atoms with Gasteiger partial charge in [-0.1, -0.05) is 19.0 Å². The number of hydrogen-bond acceptors (Lipinski definition) is 8. The summed E-state index contributed by atoms with van der Waals surface area (Å²) < 4.78 is 6.65. The molecule has 2 N–H and O–H groups in total. The second-order valence-corrected chi connectivity index (χ2v) is 8.38. The Morgan fingerprint density at radius 3 is 2.71 bits per heavy atom. The van der Waals surface area contributed by atoms with Crippen molar-refractivity contribution in [2.75, 3.05) is 24.5 Å². The Morgan fingerprint density at radius 1 is 1.35 bits per heavy atom. The van der Waals surface area contributed by atoms with Crippen molar-refractivity contribution in [2.45, 2.75) is 33.4 Å². The van der Waals surface area contributed by atoms with E-state index in [9.17, 15) is 10.0 Å². The molecule has 1 saturated heterocycles. The topological polar surface area (TPSA) is 116 Å². The zero-order chi connectivity index (χ0) is 22.4. The van der Waals surface area contributed by atoms with Crippen LogP contribution in [0.3, 0.4) is 0 Å². The normalized spacial score (nSPS) is 17.1. The van der Waals surface area contributed by atoms with Crippen molar-refractivity contribution in [2.24, 2.45) is 11.1 Å². The smallest absolute Gasteiger partial charge is 0.242 e. The van der Waals surface area contributed by atoms with Crippen molar-refractivity contribution in [1.82, 2.24) is 25.2 Å². The van der Waals surface area contributed by atoms with E-state index in [4.69, 9.17) is 4.74 Å². The highest BCUT2D eigenvalue weighted by atomic mass is 79.9. The predicted octanol–water partition coefficient (Wildman–Crippen LogP) is 2.24. The first-order valence-corrected chi connectivity index (χ1v) is 10.8. The number of carbonyl (C=O) groups is 1. The van der Waals surface area contributed by atoms with Crippen LogP contribution in [0, 0.1) is 5.92 Å². The molecule has 1 aliphatic heterocycles. The molecule has 0 radical (unpaired) electrons. The van der Waals surface area contributed by atoms with Gasteiger partial charge in [0.05, 0.1) is 12.4 Å². The highest BCUT2D eigenvalue weighted by molar-refractivity contribution is 9.10. The lowest BCUT2D eigenvalue weighted by Crippen LogP contribution is -2.57. The molecule has 0 aliphatic carbocycles. The van der Waals surface area contributed by atoms with Crippen LogP contribution in [0.2, 0.25) is 0 Å². The molecule has 0 spiro atoms. The first-order chi connectivity index (χ1) is 14.9. The Labute approximate surface area is 189 Å². The van der Waals surface area contributed by atoms with E-state index in [-0.39, 0.29) is 23.8 Å². The van der Waals surface area contributed by atoms with E-state index < -0.39 is 0 Å². The minimum Gasteiger partial charge on any atom is -0.486 e. The molecule has 3 rings (SSSR count). The van der Waals surface area contributed by atoms with E-state index in [1.54, 1.807) is 38.6 Å². The van der Waals surface area contributed by atoms with Crippen LogP contribution in [0.1, 0.15) is 26.3 Å². The molecule has 0 bridgehead atoms. The zero-order valence-corrected chi connectivity index (χ0v) is 19.3. The number of ether oxygens (including phenoxy) is 1. The van der Waals surface area contributed by atoms with E-state index in [1.165, 1.54) is 0 Å². The molecule has 1 amide bonds. The van der Waals surface area contributed by atoms with E-state index >= 15 is 0 Å². The van der Waals surface area contributed by atoms with Crippen LogP contribution in [-0.2, 0) is 11.4 Å². The molecule has 10 nitrogen and oxygen atoms in total. The molecular formula is C20H26BrN7O3. The number of piperazine rings is 1. The minimum absolute atomic E-state index is 0.0426. The molecule has 11 heteroatoms. The van der Waals surface area contributed by atoms with Gasteiger partial charge in [-0.3, -0.25) is 15.1 Å². The third-order valence-corrected chi connectivity index (χ3v) is 5.62. The molecule has 31 heavy (non-hydrogen) atoms. The summed E-state index contributed by atoms with van der Waals surface area (Å²) in [7, 11) is 0. The minimum atomic E-state index is -0.204. The van der Waals surface area contributed by atoms with Crippen molar-refractivity contribution in [3.63, 3.8) is 0 Å². The van der Waals surface area contributed by atoms with Crippen LogP contribution in [0.4, 0.5) is 5.95 Å². The van der Waals surface area contributed by atoms with Crippen LogP contribution in [-0.4, -0.2) is 62.6 Å². The molecule has 1 fully saturated rings. The SMILES string of the molecule is CC(C)C(=O)N/C(=N\O)N1CCN(c2ncc(OCc3ccncc3Br)cn2)[C@H](C)C1. The molecule has 1 aliphatic rings. The Bertz CT molecular complexity index is 923. The van der Waals surface area contributed by atoms with Crippen LogP contribution >= 0.6 is 15.9 Å². The number of nitrogens with zero attached hydrogens (tertiary/aromatic N) is 6. The first-order valence-electron chi connectivity index (χ1n) is 9.96. The summed E-state index contributed by atoms with van der Waals surface area (Å²) in [4.78, 5) is 28.8. The maximum atomic E-state index is 11.9. The Kier molecular flexibility index (Phi) is 7.61. The molecule has 1 atom stereocenters. The number of pyridine rings is 1. The molecule has 0 saturated carbocycles. The fourth-order valence-corrected chi connectivity index (χ4v) is 3.45. The number of oxime groups is 1. The molecular weight excluding hydrogens is 466 g/mol. The van der Waals surface area contributed by atoms with Gasteiger partial charge in [0, 0.05) is 54.0 Å². The first kappa shape index (κ1) is 22.7. The number of amides is 1. The molecule has 2 aromatic rings. The summed E-state index contributed by atoms with van der Waals surface area (Å²) in [5, 5.41) is 15.3. The summed E-state index contributed by atoms with van der Waals surface area (Å²) in [6, 6.07) is 1.93. The summed E-state index contributed by atoms with van der Waals surface area (Å²) in [6.45, 7) is 7.69. The lowest BCUT2D eigenvalue weighted by Gasteiger charge is -2.40. The van der Waals surface area contributed by atoms with E-state index in [2.05, 4.69) is 46.3 Å². The molecule has 2 aromatic heterocycles. The fraction of sp³-hybridized carbons (Fsp3) is 0.450. The molecule has 3 heterocycles. The number of halogens is 1. The van der Waals surface area contributed by atoms with Crippen LogP contribution < -0.4 is 15.0 Å². The number of hydrogen-bond donors (Lipinski definition) is 2. The lowest BCUT2D eigenvalue weighted by molar-refractivity contribution is -0.122. The van der Waals surface area contributed by atoms with Crippen molar-refractivity contribution < 1.29 is 14.7 Å². The highest BCUT2D eigenvalue weighted by Gasteiger charge is 2.28. The Hall–Kier alpha value is -2.95. The summed E-state index contributed by atoms with van der Waals surface area (Å²) in [6.07, 6.45) is 6.74. The quantitative estimate of drug-likeness (QED) is 0.283. The summed E-state index contributed by atoms with van der Waals surface area (Å²) >= 11 is 3.45. The van der Waals surface area contributed by atoms with E-state index in [0.29, 0.717) is 37.9 Å². The van der Waals surface area contributed by atoms with Gasteiger partial charge in [0.1, 0.15) is 6.61 Å². The van der Waals surface area contributed by atoms with Gasteiger partial charge in [0.15, 0.2) is 5.75 Å². The second-order valence-electron chi connectivity index (χ2n) is 7.53. The number of rotatable bonds is 5. The fourth-order valence-electron chi connectivity index (χ4n) is 3.08. The number of aromatic nitrogens is 3. The average molecular weight is 492 g/mol. The van der Waals surface area contributed by atoms with Gasteiger partial charge in [-0.05, 0) is 28.9 Å². The monoisotopic (exact) mass is 491 g/mol.